The van der Waals surface area contributed by atoms with Gasteiger partial charge in [0.2, 0.25) is 11.7 Å². The molecule has 0 radical (unpaired) electrons. The van der Waals surface area contributed by atoms with Crippen LogP contribution in [0.3, 0.4) is 0 Å². The number of benzene rings is 2. The number of nitro benzene ring substituents is 1. The molecule has 0 heterocycles. The number of rotatable bonds is 5. The average Bonchev–Trinajstić information content (AvgIpc) is 2.50. The van der Waals surface area contributed by atoms with Gasteiger partial charge in [-0.05, 0) is 36.8 Å². The van der Waals surface area contributed by atoms with Gasteiger partial charge >= 0.3 is 5.69 Å². The van der Waals surface area contributed by atoms with E-state index in [1.54, 1.807) is 13.0 Å². The molecule has 0 aromatic heterocycles. The number of hydrogen-bond acceptors (Lipinski definition) is 4. The van der Waals surface area contributed by atoms with Crippen LogP contribution in [0, 0.1) is 28.7 Å². The smallest absolute Gasteiger partial charge is 0.306 e. The zero-order valence-corrected chi connectivity index (χ0v) is 12.1. The topological polar surface area (TPSA) is 84.3 Å². The summed E-state index contributed by atoms with van der Waals surface area (Å²) in [5, 5.41) is 15.8. The summed E-state index contributed by atoms with van der Waals surface area (Å²) in [6.45, 7) is 1.39. The third kappa shape index (κ3) is 4.22. The lowest BCUT2D eigenvalue weighted by atomic mass is 10.2. The molecule has 8 heteroatoms. The van der Waals surface area contributed by atoms with Gasteiger partial charge < -0.3 is 10.6 Å². The monoisotopic (exact) mass is 321 g/mol. The van der Waals surface area contributed by atoms with Gasteiger partial charge in [0.05, 0.1) is 11.5 Å². The van der Waals surface area contributed by atoms with Crippen LogP contribution in [0.25, 0.3) is 0 Å². The molecular weight excluding hydrogens is 308 g/mol. The normalized spacial score (nSPS) is 10.2. The maximum Gasteiger partial charge on any atom is 0.306 e. The summed E-state index contributed by atoms with van der Waals surface area (Å²) < 4.78 is 26.6. The number of carbonyl (C=O) groups is 1. The first kappa shape index (κ1) is 16.3. The molecule has 0 bridgehead atoms. The van der Waals surface area contributed by atoms with Gasteiger partial charge in [0.25, 0.3) is 0 Å². The molecule has 0 fully saturated rings. The van der Waals surface area contributed by atoms with Crippen LogP contribution in [0.2, 0.25) is 0 Å². The SMILES string of the molecule is Cc1ccc(NC(=O)CNc2ccc(F)c([N+](=O)[O-])c2)cc1F. The first-order valence-corrected chi connectivity index (χ1v) is 6.60. The molecule has 120 valence electrons. The molecule has 2 rings (SSSR count). The highest BCUT2D eigenvalue weighted by atomic mass is 19.1. The van der Waals surface area contributed by atoms with Crippen LogP contribution in [0.4, 0.5) is 25.8 Å². The molecular formula is C15H13F2N3O3. The number of nitro groups is 1. The van der Waals surface area contributed by atoms with Crippen LogP contribution in [0.15, 0.2) is 36.4 Å². The molecule has 2 N–H and O–H groups in total. The summed E-state index contributed by atoms with van der Waals surface area (Å²) in [6.07, 6.45) is 0. The standard InChI is InChI=1S/C15H13F2N3O3/c1-9-2-3-11(6-13(9)17)19-15(21)8-18-10-4-5-12(16)14(7-10)20(22)23/h2-7,18H,8H2,1H3,(H,19,21). The van der Waals surface area contributed by atoms with E-state index in [1.165, 1.54) is 18.2 Å². The second kappa shape index (κ2) is 6.82. The van der Waals surface area contributed by atoms with E-state index in [0.717, 1.165) is 12.1 Å². The fourth-order valence-electron chi connectivity index (χ4n) is 1.82. The van der Waals surface area contributed by atoms with Gasteiger partial charge in [-0.25, -0.2) is 4.39 Å². The lowest BCUT2D eigenvalue weighted by Gasteiger charge is -2.08. The largest absolute Gasteiger partial charge is 0.376 e. The van der Waals surface area contributed by atoms with Crippen LogP contribution < -0.4 is 10.6 Å². The zero-order chi connectivity index (χ0) is 17.0. The highest BCUT2D eigenvalue weighted by Crippen LogP contribution is 2.21. The summed E-state index contributed by atoms with van der Waals surface area (Å²) in [6, 6.07) is 7.49. The van der Waals surface area contributed by atoms with E-state index in [-0.39, 0.29) is 12.2 Å². The van der Waals surface area contributed by atoms with Gasteiger partial charge in [-0.1, -0.05) is 6.07 Å². The van der Waals surface area contributed by atoms with Gasteiger partial charge in [-0.2, -0.15) is 4.39 Å². The fourth-order valence-corrected chi connectivity index (χ4v) is 1.82. The minimum Gasteiger partial charge on any atom is -0.376 e. The number of hydrogen-bond donors (Lipinski definition) is 2. The molecule has 1 amide bonds. The molecule has 0 unspecified atom stereocenters. The predicted octanol–water partition coefficient (Wildman–Crippen LogP) is 3.23. The Balaban J connectivity index is 1.97. The molecule has 2 aromatic carbocycles. The third-order valence-corrected chi connectivity index (χ3v) is 3.05. The molecule has 6 nitrogen and oxygen atoms in total. The van der Waals surface area contributed by atoms with Crippen molar-refractivity contribution in [3.63, 3.8) is 0 Å². The Bertz CT molecular complexity index is 766. The van der Waals surface area contributed by atoms with Crippen LogP contribution in [-0.4, -0.2) is 17.4 Å². The van der Waals surface area contributed by atoms with E-state index in [0.29, 0.717) is 11.3 Å². The quantitative estimate of drug-likeness (QED) is 0.654. The van der Waals surface area contributed by atoms with Crippen molar-refractivity contribution in [3.8, 4) is 0 Å². The van der Waals surface area contributed by atoms with E-state index in [2.05, 4.69) is 10.6 Å². The van der Waals surface area contributed by atoms with Crippen molar-refractivity contribution in [1.29, 1.82) is 0 Å². The zero-order valence-electron chi connectivity index (χ0n) is 12.1. The Morgan fingerprint density at radius 3 is 2.48 bits per heavy atom. The van der Waals surface area contributed by atoms with E-state index < -0.39 is 28.2 Å². The van der Waals surface area contributed by atoms with Gasteiger partial charge in [-0.15, -0.1) is 0 Å². The first-order valence-electron chi connectivity index (χ1n) is 6.60. The second-order valence-electron chi connectivity index (χ2n) is 4.79. The number of carbonyl (C=O) groups excluding carboxylic acids is 1. The average molecular weight is 321 g/mol. The Labute approximate surface area is 130 Å². The number of nitrogens with one attached hydrogen (secondary N) is 2. The van der Waals surface area contributed by atoms with Crippen molar-refractivity contribution >= 4 is 23.0 Å². The molecule has 0 atom stereocenters. The van der Waals surface area contributed by atoms with E-state index in [9.17, 15) is 23.7 Å². The molecule has 0 aliphatic rings. The lowest BCUT2D eigenvalue weighted by Crippen LogP contribution is -2.21. The maximum absolute atomic E-state index is 13.4. The van der Waals surface area contributed by atoms with Crippen LogP contribution in [0.5, 0.6) is 0 Å². The van der Waals surface area contributed by atoms with E-state index in [1.807, 2.05) is 0 Å². The summed E-state index contributed by atoms with van der Waals surface area (Å²) in [4.78, 5) is 21.5. The van der Waals surface area contributed by atoms with Crippen molar-refractivity contribution in [1.82, 2.24) is 0 Å². The van der Waals surface area contributed by atoms with Gasteiger partial charge in [0, 0.05) is 17.4 Å². The fraction of sp³-hybridized carbons (Fsp3) is 0.133. The Morgan fingerprint density at radius 1 is 1.13 bits per heavy atom. The van der Waals surface area contributed by atoms with E-state index >= 15 is 0 Å². The molecule has 0 aliphatic heterocycles. The molecule has 23 heavy (non-hydrogen) atoms. The number of amides is 1. The Morgan fingerprint density at radius 2 is 1.83 bits per heavy atom. The molecule has 0 saturated heterocycles. The lowest BCUT2D eigenvalue weighted by molar-refractivity contribution is -0.387. The molecule has 0 saturated carbocycles. The summed E-state index contributed by atoms with van der Waals surface area (Å²) in [7, 11) is 0. The summed E-state index contributed by atoms with van der Waals surface area (Å²) >= 11 is 0. The van der Waals surface area contributed by atoms with Gasteiger partial charge in [0.1, 0.15) is 5.82 Å². The molecule has 0 spiro atoms. The van der Waals surface area contributed by atoms with Crippen LogP contribution in [0.1, 0.15) is 5.56 Å². The van der Waals surface area contributed by atoms with Gasteiger partial charge in [0.15, 0.2) is 0 Å². The Hall–Kier alpha value is -3.03. The highest BCUT2D eigenvalue weighted by molar-refractivity contribution is 5.93. The Kier molecular flexibility index (Phi) is 4.85. The van der Waals surface area contributed by atoms with Crippen molar-refractivity contribution in [2.75, 3.05) is 17.2 Å². The highest BCUT2D eigenvalue weighted by Gasteiger charge is 2.14. The van der Waals surface area contributed by atoms with Crippen molar-refractivity contribution in [3.05, 3.63) is 63.7 Å². The minimum absolute atomic E-state index is 0.210. The second-order valence-corrected chi connectivity index (χ2v) is 4.79. The number of aryl methyl sites for hydroxylation is 1. The van der Waals surface area contributed by atoms with Gasteiger partial charge in [-0.3, -0.25) is 14.9 Å². The summed E-state index contributed by atoms with van der Waals surface area (Å²) in [5.74, 6) is -1.87. The molecule has 2 aromatic rings. The van der Waals surface area contributed by atoms with Crippen molar-refractivity contribution in [2.45, 2.75) is 6.92 Å². The molecule has 0 aliphatic carbocycles. The van der Waals surface area contributed by atoms with Crippen LogP contribution in [-0.2, 0) is 4.79 Å². The first-order chi connectivity index (χ1) is 10.9. The maximum atomic E-state index is 13.4. The number of anilines is 2. The third-order valence-electron chi connectivity index (χ3n) is 3.05. The number of halogens is 2. The summed E-state index contributed by atoms with van der Waals surface area (Å²) in [5.41, 5.74) is 0.295. The van der Waals surface area contributed by atoms with E-state index in [4.69, 9.17) is 0 Å². The van der Waals surface area contributed by atoms with Crippen molar-refractivity contribution in [2.24, 2.45) is 0 Å². The van der Waals surface area contributed by atoms with Crippen LogP contribution >= 0.6 is 0 Å². The predicted molar refractivity (Wildman–Crippen MR) is 81.3 cm³/mol. The van der Waals surface area contributed by atoms with Crippen molar-refractivity contribution < 1.29 is 18.5 Å². The number of nitrogens with zero attached hydrogens (tertiary/aromatic N) is 1. The minimum atomic E-state index is -0.958.